The molecule has 10 nitrogen and oxygen atoms in total. The van der Waals surface area contributed by atoms with Gasteiger partial charge in [-0.25, -0.2) is 9.97 Å². The molecule has 330 valence electrons. The van der Waals surface area contributed by atoms with E-state index in [1.165, 1.54) is 0 Å². The topological polar surface area (TPSA) is 71.5 Å². The lowest BCUT2D eigenvalue weighted by molar-refractivity contribution is 0.618. The van der Waals surface area contributed by atoms with Crippen LogP contribution in [0.3, 0.4) is 0 Å². The van der Waals surface area contributed by atoms with Gasteiger partial charge in [-0.15, -0.1) is 0 Å². The van der Waals surface area contributed by atoms with E-state index < -0.39 is 0 Å². The maximum Gasteiger partial charge on any atom is 0.231 e. The molecule has 0 N–H and O–H groups in total. The molecule has 0 unspecified atom stereocenters. The zero-order chi connectivity index (χ0) is 45.9. The molecule has 3 aliphatic heterocycles. The Morgan fingerprint density at radius 3 is 1.00 bits per heavy atom. The third-order valence-corrected chi connectivity index (χ3v) is 13.9. The highest BCUT2D eigenvalue weighted by atomic mass is 16.4. The van der Waals surface area contributed by atoms with Crippen molar-refractivity contribution in [2.75, 3.05) is 50.5 Å². The van der Waals surface area contributed by atoms with Gasteiger partial charge in [0.1, 0.15) is 11.0 Å². The summed E-state index contributed by atoms with van der Waals surface area (Å²) in [5.74, 6) is 0.933. The number of hydrogen-bond donors (Lipinski definition) is 0. The molecule has 10 heteroatoms. The molecule has 11 aromatic rings. The fourth-order valence-electron chi connectivity index (χ4n) is 10.7. The molecule has 69 heavy (non-hydrogen) atoms. The summed E-state index contributed by atoms with van der Waals surface area (Å²) < 4.78 is 14.2. The van der Waals surface area contributed by atoms with E-state index in [2.05, 4.69) is 202 Å². The zero-order valence-electron chi connectivity index (χ0n) is 37.9. The summed E-state index contributed by atoms with van der Waals surface area (Å²) in [6, 6.07) is 69.9. The number of aromatic nitrogens is 2. The van der Waals surface area contributed by atoms with Gasteiger partial charge in [0, 0.05) is 21.1 Å². The van der Waals surface area contributed by atoms with Crippen molar-refractivity contribution >= 4 is 108 Å². The Bertz CT molecular complexity index is 3670. The van der Waals surface area contributed by atoms with Crippen LogP contribution in [0.5, 0.6) is 0 Å². The maximum atomic E-state index is 7.15. The molecule has 9 aromatic carbocycles. The summed E-state index contributed by atoms with van der Waals surface area (Å²) in [6.45, 7) is 0. The molecule has 0 bridgehead atoms. The van der Waals surface area contributed by atoms with Crippen LogP contribution in [0.1, 0.15) is 0 Å². The molecule has 0 saturated heterocycles. The predicted molar refractivity (Wildman–Crippen MR) is 281 cm³/mol. The van der Waals surface area contributed by atoms with Crippen LogP contribution in [0.25, 0.3) is 45.1 Å². The van der Waals surface area contributed by atoms with Crippen molar-refractivity contribution in [3.63, 3.8) is 0 Å². The average Bonchev–Trinajstić information content (AvgIpc) is 4.04. The van der Waals surface area contributed by atoms with Crippen LogP contribution in [0.4, 0.5) is 85.3 Å². The first kappa shape index (κ1) is 38.9. The van der Waals surface area contributed by atoms with Crippen LogP contribution >= 0.6 is 0 Å². The van der Waals surface area contributed by atoms with Gasteiger partial charge in [-0.05, 0) is 103 Å². The van der Waals surface area contributed by atoms with Crippen LogP contribution in [0.2, 0.25) is 0 Å². The van der Waals surface area contributed by atoms with Gasteiger partial charge in [-0.1, -0.05) is 97.1 Å². The van der Waals surface area contributed by atoms with Gasteiger partial charge in [0.2, 0.25) is 11.8 Å². The molecule has 14 rings (SSSR count). The van der Waals surface area contributed by atoms with E-state index in [9.17, 15) is 0 Å². The van der Waals surface area contributed by atoms with Crippen LogP contribution < -0.4 is 29.4 Å². The molecule has 0 aliphatic carbocycles. The summed E-state index contributed by atoms with van der Waals surface area (Å²) in [6.07, 6.45) is 0. The Morgan fingerprint density at radius 2 is 0.609 bits per heavy atom. The van der Waals surface area contributed by atoms with Crippen molar-refractivity contribution < 1.29 is 8.83 Å². The van der Waals surface area contributed by atoms with Crippen molar-refractivity contribution in [1.29, 1.82) is 0 Å². The number of anilines is 15. The minimum Gasteiger partial charge on any atom is -0.436 e. The highest BCUT2D eigenvalue weighted by molar-refractivity contribution is 6.16. The highest BCUT2D eigenvalue weighted by Gasteiger charge is 2.42. The van der Waals surface area contributed by atoms with Crippen LogP contribution in [-0.2, 0) is 0 Å². The second-order valence-electron chi connectivity index (χ2n) is 17.6. The van der Waals surface area contributed by atoms with Crippen molar-refractivity contribution in [1.82, 2.24) is 9.97 Å². The number of fused-ring (bicyclic) bond motifs is 8. The van der Waals surface area contributed by atoms with Crippen molar-refractivity contribution in [2.45, 2.75) is 0 Å². The molecule has 0 radical (unpaired) electrons. The third kappa shape index (κ3) is 5.66. The Balaban J connectivity index is 1.25. The fourth-order valence-corrected chi connectivity index (χ4v) is 10.7. The van der Waals surface area contributed by atoms with Gasteiger partial charge in [0.05, 0.1) is 96.4 Å². The van der Waals surface area contributed by atoms with E-state index in [-0.39, 0.29) is 0 Å². The second-order valence-corrected chi connectivity index (χ2v) is 17.6. The summed E-state index contributed by atoms with van der Waals surface area (Å²) >= 11 is 0. The average molecular weight is 895 g/mol. The minimum atomic E-state index is 0.463. The second kappa shape index (κ2) is 14.9. The molecule has 2 aromatic heterocycles. The standard InChI is InChI=1S/C59H42N8O2/c1-62-40-22-6-12-28-46(40)65(47-29-13-7-23-41(47)62)52-36-37(58-60-38-20-4-18-34-53(38)68-58)56(66-48-30-14-8-24-42(48)63(2)43-25-9-15-31-49(43)66)57(55(52)59-61-39-21-5-19-35-54(39)69-59)67-50-32-16-10-26-44(50)64(3)45-27-11-17-33-51(45)67/h4-36H,1-3H3. The van der Waals surface area contributed by atoms with Crippen LogP contribution in [0, 0.1) is 0 Å². The number of nitrogens with zero attached hydrogens (tertiary/aromatic N) is 8. The maximum absolute atomic E-state index is 7.15. The van der Waals surface area contributed by atoms with Crippen LogP contribution in [0.15, 0.2) is 209 Å². The Morgan fingerprint density at radius 1 is 0.304 bits per heavy atom. The highest BCUT2D eigenvalue weighted by Crippen LogP contribution is 2.65. The normalized spacial score (nSPS) is 13.6. The van der Waals surface area contributed by atoms with E-state index in [0.717, 1.165) is 107 Å². The SMILES string of the molecule is CN1c2ccccc2N(c2cc(-c3nc4ccccc4o3)c(N3c4ccccc4N(C)c4ccccc43)c(N3c4ccccc4N(C)c4ccccc43)c2-c2nc3ccccc3o2)c2ccccc21. The number of para-hydroxylation sites is 16. The largest absolute Gasteiger partial charge is 0.436 e. The lowest BCUT2D eigenvalue weighted by Gasteiger charge is -2.45. The van der Waals surface area contributed by atoms with E-state index >= 15 is 0 Å². The van der Waals surface area contributed by atoms with Gasteiger partial charge in [0.25, 0.3) is 0 Å². The molecule has 5 heterocycles. The predicted octanol–water partition coefficient (Wildman–Crippen LogP) is 16.0. The number of benzene rings is 9. The summed E-state index contributed by atoms with van der Waals surface area (Å²) in [7, 11) is 6.41. The summed E-state index contributed by atoms with van der Waals surface area (Å²) in [5.41, 5.74) is 19.1. The minimum absolute atomic E-state index is 0.463. The molecule has 3 aliphatic rings. The van der Waals surface area contributed by atoms with E-state index in [1.807, 2.05) is 48.5 Å². The lowest BCUT2D eigenvalue weighted by Crippen LogP contribution is -2.29. The van der Waals surface area contributed by atoms with Crippen LogP contribution in [-0.4, -0.2) is 31.1 Å². The zero-order valence-corrected chi connectivity index (χ0v) is 37.9. The molecule has 0 amide bonds. The summed E-state index contributed by atoms with van der Waals surface area (Å²) in [4.78, 5) is 24.8. The van der Waals surface area contributed by atoms with Crippen molar-refractivity contribution in [2.24, 2.45) is 0 Å². The Labute approximate surface area is 398 Å². The molecule has 0 atom stereocenters. The van der Waals surface area contributed by atoms with Crippen molar-refractivity contribution in [3.8, 4) is 22.9 Å². The van der Waals surface area contributed by atoms with Gasteiger partial charge < -0.3 is 38.2 Å². The molecular weight excluding hydrogens is 853 g/mol. The fraction of sp³-hybridized carbons (Fsp3) is 0.0508. The summed E-state index contributed by atoms with van der Waals surface area (Å²) in [5, 5.41) is 0. The first-order chi connectivity index (χ1) is 34.0. The molecule has 0 fully saturated rings. The van der Waals surface area contributed by atoms with Gasteiger partial charge in [-0.2, -0.15) is 0 Å². The Hall–Kier alpha value is -9.28. The first-order valence-electron chi connectivity index (χ1n) is 23.1. The third-order valence-electron chi connectivity index (χ3n) is 13.9. The van der Waals surface area contributed by atoms with Gasteiger partial charge in [0.15, 0.2) is 11.2 Å². The number of hydrogen-bond acceptors (Lipinski definition) is 10. The molecular formula is C59H42N8O2. The van der Waals surface area contributed by atoms with Gasteiger partial charge in [-0.3, -0.25) is 0 Å². The van der Waals surface area contributed by atoms with Gasteiger partial charge >= 0.3 is 0 Å². The number of oxazole rings is 2. The molecule has 0 saturated carbocycles. The quantitative estimate of drug-likeness (QED) is 0.167. The van der Waals surface area contributed by atoms with E-state index in [0.29, 0.717) is 22.9 Å². The number of rotatable bonds is 5. The first-order valence-corrected chi connectivity index (χ1v) is 23.1. The van der Waals surface area contributed by atoms with E-state index in [4.69, 9.17) is 18.8 Å². The van der Waals surface area contributed by atoms with E-state index in [1.54, 1.807) is 0 Å². The monoisotopic (exact) mass is 894 g/mol. The smallest absolute Gasteiger partial charge is 0.231 e. The van der Waals surface area contributed by atoms with Crippen molar-refractivity contribution in [3.05, 3.63) is 200 Å². The lowest BCUT2D eigenvalue weighted by atomic mass is 9.94. The molecule has 0 spiro atoms. The Kier molecular flexibility index (Phi) is 8.39.